The van der Waals surface area contributed by atoms with E-state index in [1.807, 2.05) is 66.8 Å². The standard InChI is InChI=1S/C21H14O2S2/c22-21-18(14-15-6-1-4-10-19(15)23-21)20-12-11-17(25-20)8-3-2-7-16-9-5-13-24-16/h1-14H. The fourth-order valence-electron chi connectivity index (χ4n) is 2.51. The lowest BCUT2D eigenvalue weighted by Gasteiger charge is -1.99. The van der Waals surface area contributed by atoms with Crippen LogP contribution < -0.4 is 5.63 Å². The van der Waals surface area contributed by atoms with E-state index in [2.05, 4.69) is 17.5 Å². The molecule has 0 saturated heterocycles. The number of hydrogen-bond acceptors (Lipinski definition) is 4. The number of para-hydroxylation sites is 1. The van der Waals surface area contributed by atoms with Gasteiger partial charge in [0.15, 0.2) is 0 Å². The van der Waals surface area contributed by atoms with Crippen LogP contribution in [-0.2, 0) is 0 Å². The third kappa shape index (κ3) is 3.55. The molecule has 4 aromatic rings. The molecule has 0 unspecified atom stereocenters. The zero-order valence-corrected chi connectivity index (χ0v) is 14.8. The Morgan fingerprint density at radius 1 is 0.880 bits per heavy atom. The van der Waals surface area contributed by atoms with E-state index in [9.17, 15) is 4.79 Å². The molecule has 0 aliphatic carbocycles. The Hall–Kier alpha value is -2.69. The number of fused-ring (bicyclic) bond motifs is 1. The molecule has 0 spiro atoms. The molecule has 4 heteroatoms. The van der Waals surface area contributed by atoms with Gasteiger partial charge in [0.1, 0.15) is 5.58 Å². The highest BCUT2D eigenvalue weighted by atomic mass is 32.1. The van der Waals surface area contributed by atoms with Gasteiger partial charge in [-0.2, -0.15) is 0 Å². The monoisotopic (exact) mass is 362 g/mol. The molecule has 25 heavy (non-hydrogen) atoms. The van der Waals surface area contributed by atoms with Crippen LogP contribution in [0.15, 0.2) is 81.3 Å². The van der Waals surface area contributed by atoms with Crippen LogP contribution in [0.2, 0.25) is 0 Å². The van der Waals surface area contributed by atoms with Gasteiger partial charge in [0, 0.05) is 20.0 Å². The molecule has 0 aliphatic heterocycles. The SMILES string of the molecule is O=c1oc2ccccc2cc1-c1ccc(C=CC=Cc2cccs2)s1. The van der Waals surface area contributed by atoms with Crippen LogP contribution in [0.3, 0.4) is 0 Å². The Morgan fingerprint density at radius 3 is 2.56 bits per heavy atom. The third-order valence-corrected chi connectivity index (χ3v) is 5.63. The maximum Gasteiger partial charge on any atom is 0.345 e. The molecular formula is C21H14O2S2. The van der Waals surface area contributed by atoms with Crippen LogP contribution >= 0.6 is 22.7 Å². The second-order valence-electron chi connectivity index (χ2n) is 5.42. The zero-order chi connectivity index (χ0) is 17.1. The van der Waals surface area contributed by atoms with E-state index < -0.39 is 0 Å². The van der Waals surface area contributed by atoms with Crippen molar-refractivity contribution in [3.8, 4) is 10.4 Å². The average molecular weight is 362 g/mol. The second-order valence-corrected chi connectivity index (χ2v) is 7.52. The van der Waals surface area contributed by atoms with E-state index in [1.165, 1.54) is 4.88 Å². The van der Waals surface area contributed by atoms with Gasteiger partial charge in [-0.1, -0.05) is 36.4 Å². The molecule has 0 saturated carbocycles. The van der Waals surface area contributed by atoms with Crippen LogP contribution in [0, 0.1) is 0 Å². The van der Waals surface area contributed by atoms with E-state index >= 15 is 0 Å². The summed E-state index contributed by atoms with van der Waals surface area (Å²) in [6, 6.07) is 17.6. The molecule has 3 aromatic heterocycles. The largest absolute Gasteiger partial charge is 0.422 e. The predicted molar refractivity (Wildman–Crippen MR) is 108 cm³/mol. The first-order valence-corrected chi connectivity index (χ1v) is 9.50. The summed E-state index contributed by atoms with van der Waals surface area (Å²) in [6.07, 6.45) is 8.16. The highest BCUT2D eigenvalue weighted by Crippen LogP contribution is 2.28. The van der Waals surface area contributed by atoms with Crippen LogP contribution in [0.1, 0.15) is 9.75 Å². The summed E-state index contributed by atoms with van der Waals surface area (Å²) in [5.41, 5.74) is 0.929. The number of hydrogen-bond donors (Lipinski definition) is 0. The van der Waals surface area contributed by atoms with Crippen molar-refractivity contribution < 1.29 is 4.42 Å². The Morgan fingerprint density at radius 2 is 1.72 bits per heavy atom. The molecular weight excluding hydrogens is 348 g/mol. The first-order valence-electron chi connectivity index (χ1n) is 7.81. The predicted octanol–water partition coefficient (Wildman–Crippen LogP) is 6.31. The van der Waals surface area contributed by atoms with Crippen molar-refractivity contribution in [3.63, 3.8) is 0 Å². The quantitative estimate of drug-likeness (QED) is 0.314. The molecule has 0 fully saturated rings. The van der Waals surface area contributed by atoms with Crippen LogP contribution in [-0.4, -0.2) is 0 Å². The van der Waals surface area contributed by atoms with Crippen molar-refractivity contribution in [2.24, 2.45) is 0 Å². The van der Waals surface area contributed by atoms with Crippen molar-refractivity contribution in [1.29, 1.82) is 0 Å². The van der Waals surface area contributed by atoms with Crippen molar-refractivity contribution in [3.05, 3.63) is 92.3 Å². The number of benzene rings is 1. The van der Waals surface area contributed by atoms with Crippen LogP contribution in [0.25, 0.3) is 33.6 Å². The number of rotatable bonds is 4. The smallest absolute Gasteiger partial charge is 0.345 e. The van der Waals surface area contributed by atoms with Gasteiger partial charge < -0.3 is 4.42 Å². The Labute approximate surface area is 153 Å². The summed E-state index contributed by atoms with van der Waals surface area (Å²) in [5.74, 6) is 0. The van der Waals surface area contributed by atoms with Gasteiger partial charge in [-0.25, -0.2) is 4.79 Å². The van der Waals surface area contributed by atoms with Crippen molar-refractivity contribution in [1.82, 2.24) is 0 Å². The van der Waals surface area contributed by atoms with Crippen LogP contribution in [0.4, 0.5) is 0 Å². The fourth-order valence-corrected chi connectivity index (χ4v) is 4.06. The lowest BCUT2D eigenvalue weighted by atomic mass is 10.1. The van der Waals surface area contributed by atoms with Gasteiger partial charge in [0.05, 0.1) is 5.56 Å². The maximum absolute atomic E-state index is 12.2. The minimum atomic E-state index is -0.298. The van der Waals surface area contributed by atoms with E-state index in [0.717, 1.165) is 15.1 Å². The normalized spacial score (nSPS) is 11.8. The van der Waals surface area contributed by atoms with Gasteiger partial charge in [0.25, 0.3) is 0 Å². The minimum Gasteiger partial charge on any atom is -0.422 e. The highest BCUT2D eigenvalue weighted by Gasteiger charge is 2.09. The van der Waals surface area contributed by atoms with Crippen molar-refractivity contribution in [2.75, 3.05) is 0 Å². The Balaban J connectivity index is 1.59. The first-order chi connectivity index (χ1) is 12.3. The topological polar surface area (TPSA) is 30.2 Å². The fraction of sp³-hybridized carbons (Fsp3) is 0. The van der Waals surface area contributed by atoms with Crippen LogP contribution in [0.5, 0.6) is 0 Å². The second kappa shape index (κ2) is 7.05. The third-order valence-electron chi connectivity index (χ3n) is 3.71. The molecule has 2 nitrogen and oxygen atoms in total. The Bertz CT molecular complexity index is 1110. The molecule has 0 aliphatic rings. The summed E-state index contributed by atoms with van der Waals surface area (Å²) < 4.78 is 5.42. The molecule has 1 aromatic carbocycles. The van der Waals surface area contributed by atoms with Crippen molar-refractivity contribution in [2.45, 2.75) is 0 Å². The average Bonchev–Trinajstić information content (AvgIpc) is 3.30. The van der Waals surface area contributed by atoms with Gasteiger partial charge in [-0.15, -0.1) is 22.7 Å². The summed E-state index contributed by atoms with van der Waals surface area (Å²) in [6.45, 7) is 0. The highest BCUT2D eigenvalue weighted by molar-refractivity contribution is 7.16. The van der Waals surface area contributed by atoms with Gasteiger partial charge in [0.2, 0.25) is 0 Å². The molecule has 0 N–H and O–H groups in total. The molecule has 0 radical (unpaired) electrons. The Kier molecular flexibility index (Phi) is 4.46. The van der Waals surface area contributed by atoms with Crippen molar-refractivity contribution >= 4 is 45.8 Å². The maximum atomic E-state index is 12.2. The molecule has 0 bridgehead atoms. The van der Waals surface area contributed by atoms with E-state index in [4.69, 9.17) is 4.42 Å². The molecule has 0 atom stereocenters. The van der Waals surface area contributed by atoms with Gasteiger partial charge in [-0.05, 0) is 47.9 Å². The molecule has 4 rings (SSSR count). The minimum absolute atomic E-state index is 0.298. The zero-order valence-electron chi connectivity index (χ0n) is 13.2. The number of thiophene rings is 2. The van der Waals surface area contributed by atoms with Gasteiger partial charge >= 0.3 is 5.63 Å². The summed E-state index contributed by atoms with van der Waals surface area (Å²) in [5, 5.41) is 2.99. The van der Waals surface area contributed by atoms with Gasteiger partial charge in [-0.3, -0.25) is 0 Å². The lowest BCUT2D eigenvalue weighted by Crippen LogP contribution is -2.01. The van der Waals surface area contributed by atoms with E-state index in [-0.39, 0.29) is 5.63 Å². The molecule has 3 heterocycles. The van der Waals surface area contributed by atoms with E-state index in [1.54, 1.807) is 22.7 Å². The molecule has 122 valence electrons. The van der Waals surface area contributed by atoms with E-state index in [0.29, 0.717) is 11.1 Å². The first kappa shape index (κ1) is 15.8. The number of allylic oxidation sites excluding steroid dienone is 2. The summed E-state index contributed by atoms with van der Waals surface area (Å²) in [4.78, 5) is 15.5. The lowest BCUT2D eigenvalue weighted by molar-refractivity contribution is 0.564. The summed E-state index contributed by atoms with van der Waals surface area (Å²) in [7, 11) is 0. The summed E-state index contributed by atoms with van der Waals surface area (Å²) >= 11 is 3.29. The molecule has 0 amide bonds.